The van der Waals surface area contributed by atoms with E-state index in [9.17, 15) is 0 Å². The minimum atomic E-state index is 0.364. The average Bonchev–Trinajstić information content (AvgIpc) is 2.29. The van der Waals surface area contributed by atoms with Crippen LogP contribution >= 0.6 is 0 Å². The Kier molecular flexibility index (Phi) is 8.64. The highest BCUT2D eigenvalue weighted by Gasteiger charge is 2.19. The predicted molar refractivity (Wildman–Crippen MR) is 78.0 cm³/mol. The summed E-state index contributed by atoms with van der Waals surface area (Å²) in [5.41, 5.74) is 0. The second-order valence-electron chi connectivity index (χ2n) is 5.71. The predicted octanol–water partition coefficient (Wildman–Crippen LogP) is 2.51. The monoisotopic (exact) mass is 256 g/mol. The Morgan fingerprint density at radius 1 is 1.28 bits per heavy atom. The fourth-order valence-electron chi connectivity index (χ4n) is 2.30. The molecule has 0 aromatic rings. The number of hydrogen-bond donors (Lipinski definition) is 1. The van der Waals surface area contributed by atoms with E-state index in [4.69, 9.17) is 4.74 Å². The Morgan fingerprint density at radius 2 is 2.06 bits per heavy atom. The van der Waals surface area contributed by atoms with E-state index >= 15 is 0 Å². The second kappa shape index (κ2) is 9.76. The van der Waals surface area contributed by atoms with Gasteiger partial charge in [0.25, 0.3) is 0 Å². The summed E-state index contributed by atoms with van der Waals surface area (Å²) in [6.07, 6.45) is 5.85. The van der Waals surface area contributed by atoms with Crippen molar-refractivity contribution in [2.45, 2.75) is 52.6 Å². The van der Waals surface area contributed by atoms with Crippen LogP contribution in [-0.2, 0) is 4.74 Å². The van der Waals surface area contributed by atoms with Crippen LogP contribution in [0.2, 0.25) is 0 Å². The highest BCUT2D eigenvalue weighted by atomic mass is 16.5. The molecule has 0 aromatic heterocycles. The Bertz CT molecular complexity index is 193. The van der Waals surface area contributed by atoms with E-state index in [0.717, 1.165) is 32.0 Å². The Labute approximate surface area is 113 Å². The Morgan fingerprint density at radius 3 is 2.61 bits per heavy atom. The Hall–Kier alpha value is -0.120. The van der Waals surface area contributed by atoms with Gasteiger partial charge in [-0.1, -0.05) is 13.3 Å². The molecule has 0 amide bonds. The maximum absolute atomic E-state index is 5.52. The lowest BCUT2D eigenvalue weighted by Crippen LogP contribution is -2.37. The van der Waals surface area contributed by atoms with Crippen molar-refractivity contribution in [1.29, 1.82) is 0 Å². The number of nitrogens with one attached hydrogen (secondary N) is 1. The van der Waals surface area contributed by atoms with Crippen LogP contribution in [0.1, 0.15) is 46.5 Å². The summed E-state index contributed by atoms with van der Waals surface area (Å²) in [5, 5.41) is 3.51. The molecular weight excluding hydrogens is 224 g/mol. The van der Waals surface area contributed by atoms with Gasteiger partial charge in [-0.05, 0) is 52.1 Å². The summed E-state index contributed by atoms with van der Waals surface area (Å²) in [6.45, 7) is 13.2. The minimum absolute atomic E-state index is 0.364. The third kappa shape index (κ3) is 7.34. The first-order chi connectivity index (χ1) is 8.72. The van der Waals surface area contributed by atoms with E-state index in [-0.39, 0.29) is 0 Å². The number of ether oxygens (including phenoxy) is 1. The first-order valence-corrected chi connectivity index (χ1v) is 7.77. The topological polar surface area (TPSA) is 24.5 Å². The molecule has 0 spiro atoms. The van der Waals surface area contributed by atoms with Gasteiger partial charge in [0.1, 0.15) is 0 Å². The van der Waals surface area contributed by atoms with E-state index < -0.39 is 0 Å². The van der Waals surface area contributed by atoms with Gasteiger partial charge in [0.15, 0.2) is 0 Å². The van der Waals surface area contributed by atoms with Gasteiger partial charge in [-0.3, -0.25) is 0 Å². The molecular formula is C15H32N2O. The van der Waals surface area contributed by atoms with Crippen molar-refractivity contribution in [3.05, 3.63) is 0 Å². The average molecular weight is 256 g/mol. The molecule has 0 aromatic carbocycles. The molecule has 1 rings (SSSR count). The fourth-order valence-corrected chi connectivity index (χ4v) is 2.30. The molecule has 3 nitrogen and oxygen atoms in total. The van der Waals surface area contributed by atoms with Crippen LogP contribution < -0.4 is 5.32 Å². The van der Waals surface area contributed by atoms with Gasteiger partial charge in [-0.2, -0.15) is 0 Å². The summed E-state index contributed by atoms with van der Waals surface area (Å²) in [5.74, 6) is 0.990. The standard InChI is InChI=1S/C15H32N2O/c1-4-17(13-15-7-5-8-15)11-10-16-9-6-12-18-14(2)3/h14-16H,4-13H2,1-3H3. The third-order valence-corrected chi connectivity index (χ3v) is 3.74. The van der Waals surface area contributed by atoms with Crippen LogP contribution in [0.15, 0.2) is 0 Å². The number of rotatable bonds is 11. The zero-order valence-corrected chi connectivity index (χ0v) is 12.6. The molecule has 3 heteroatoms. The van der Waals surface area contributed by atoms with Crippen LogP contribution in [0.25, 0.3) is 0 Å². The summed E-state index contributed by atoms with van der Waals surface area (Å²) < 4.78 is 5.52. The van der Waals surface area contributed by atoms with Crippen molar-refractivity contribution in [1.82, 2.24) is 10.2 Å². The van der Waals surface area contributed by atoms with E-state index in [1.807, 2.05) is 0 Å². The zero-order chi connectivity index (χ0) is 13.2. The summed E-state index contributed by atoms with van der Waals surface area (Å²) in [4.78, 5) is 2.58. The summed E-state index contributed by atoms with van der Waals surface area (Å²) >= 11 is 0. The quantitative estimate of drug-likeness (QED) is 0.575. The van der Waals surface area contributed by atoms with Gasteiger partial charge in [0.05, 0.1) is 6.10 Å². The van der Waals surface area contributed by atoms with Gasteiger partial charge in [0, 0.05) is 26.2 Å². The number of likely N-dealkylation sites (N-methyl/N-ethyl adjacent to an activating group) is 1. The smallest absolute Gasteiger partial charge is 0.0518 e. The fraction of sp³-hybridized carbons (Fsp3) is 1.00. The van der Waals surface area contributed by atoms with Crippen LogP contribution in [0, 0.1) is 5.92 Å². The molecule has 1 fully saturated rings. The Balaban J connectivity index is 1.88. The van der Waals surface area contributed by atoms with E-state index in [0.29, 0.717) is 6.10 Å². The summed E-state index contributed by atoms with van der Waals surface area (Å²) in [7, 11) is 0. The van der Waals surface area contributed by atoms with Gasteiger partial charge in [0.2, 0.25) is 0 Å². The van der Waals surface area contributed by atoms with E-state index in [1.165, 1.54) is 38.9 Å². The van der Waals surface area contributed by atoms with Crippen molar-refractivity contribution in [2.24, 2.45) is 5.92 Å². The molecule has 0 bridgehead atoms. The normalized spacial score (nSPS) is 16.5. The molecule has 0 radical (unpaired) electrons. The SMILES string of the molecule is CCN(CCNCCCOC(C)C)CC1CCC1. The lowest BCUT2D eigenvalue weighted by Gasteiger charge is -2.31. The van der Waals surface area contributed by atoms with Crippen molar-refractivity contribution in [2.75, 3.05) is 39.3 Å². The summed E-state index contributed by atoms with van der Waals surface area (Å²) in [6, 6.07) is 0. The molecule has 0 unspecified atom stereocenters. The van der Waals surface area contributed by atoms with Crippen LogP contribution in [0.3, 0.4) is 0 Å². The molecule has 1 aliphatic carbocycles. The highest BCUT2D eigenvalue weighted by molar-refractivity contribution is 4.73. The van der Waals surface area contributed by atoms with Crippen molar-refractivity contribution in [3.8, 4) is 0 Å². The van der Waals surface area contributed by atoms with Crippen molar-refractivity contribution >= 4 is 0 Å². The third-order valence-electron chi connectivity index (χ3n) is 3.74. The molecule has 18 heavy (non-hydrogen) atoms. The number of nitrogens with zero attached hydrogens (tertiary/aromatic N) is 1. The maximum Gasteiger partial charge on any atom is 0.0518 e. The molecule has 108 valence electrons. The van der Waals surface area contributed by atoms with Crippen molar-refractivity contribution < 1.29 is 4.74 Å². The molecule has 0 heterocycles. The molecule has 1 saturated carbocycles. The minimum Gasteiger partial charge on any atom is -0.379 e. The molecule has 1 N–H and O–H groups in total. The van der Waals surface area contributed by atoms with E-state index in [1.54, 1.807) is 0 Å². The van der Waals surface area contributed by atoms with Gasteiger partial charge < -0.3 is 15.0 Å². The first-order valence-electron chi connectivity index (χ1n) is 7.77. The lowest BCUT2D eigenvalue weighted by atomic mass is 9.85. The largest absolute Gasteiger partial charge is 0.379 e. The molecule has 1 aliphatic rings. The highest BCUT2D eigenvalue weighted by Crippen LogP contribution is 2.26. The zero-order valence-electron chi connectivity index (χ0n) is 12.6. The van der Waals surface area contributed by atoms with Gasteiger partial charge >= 0.3 is 0 Å². The molecule has 0 atom stereocenters. The van der Waals surface area contributed by atoms with Crippen molar-refractivity contribution in [3.63, 3.8) is 0 Å². The van der Waals surface area contributed by atoms with Crippen LogP contribution in [-0.4, -0.2) is 50.3 Å². The molecule has 0 aliphatic heterocycles. The lowest BCUT2D eigenvalue weighted by molar-refractivity contribution is 0.0769. The van der Waals surface area contributed by atoms with Gasteiger partial charge in [-0.25, -0.2) is 0 Å². The molecule has 0 saturated heterocycles. The first kappa shape index (κ1) is 15.9. The van der Waals surface area contributed by atoms with Crippen LogP contribution in [0.4, 0.5) is 0 Å². The number of hydrogen-bond acceptors (Lipinski definition) is 3. The van der Waals surface area contributed by atoms with Crippen LogP contribution in [0.5, 0.6) is 0 Å². The second-order valence-corrected chi connectivity index (χ2v) is 5.71. The van der Waals surface area contributed by atoms with E-state index in [2.05, 4.69) is 31.0 Å². The maximum atomic E-state index is 5.52. The van der Waals surface area contributed by atoms with Gasteiger partial charge in [-0.15, -0.1) is 0 Å².